The van der Waals surface area contributed by atoms with Crippen molar-refractivity contribution in [2.75, 3.05) is 12.2 Å². The summed E-state index contributed by atoms with van der Waals surface area (Å²) in [6, 6.07) is 14.9. The predicted molar refractivity (Wildman–Crippen MR) is 93.6 cm³/mol. The first kappa shape index (κ1) is 18.3. The first-order chi connectivity index (χ1) is 11.8. The van der Waals surface area contributed by atoms with Crippen LogP contribution in [-0.2, 0) is 9.57 Å². The number of nitrogens with zero attached hydrogens (tertiary/aromatic N) is 1. The van der Waals surface area contributed by atoms with Crippen LogP contribution >= 0.6 is 0 Å². The zero-order valence-corrected chi connectivity index (χ0v) is 14.7. The molecule has 0 atom stereocenters. The van der Waals surface area contributed by atoms with E-state index in [0.717, 1.165) is 5.06 Å². The number of carbonyl (C=O) groups excluding carboxylic acids is 2. The van der Waals surface area contributed by atoms with Crippen molar-refractivity contribution in [1.82, 2.24) is 0 Å². The van der Waals surface area contributed by atoms with Gasteiger partial charge in [-0.1, -0.05) is 18.2 Å². The van der Waals surface area contributed by atoms with Crippen LogP contribution < -0.4 is 9.80 Å². The van der Waals surface area contributed by atoms with Gasteiger partial charge in [-0.05, 0) is 57.2 Å². The van der Waals surface area contributed by atoms with Gasteiger partial charge in [0.05, 0.1) is 18.4 Å². The molecule has 25 heavy (non-hydrogen) atoms. The SMILES string of the molecule is COc1ccc(C(=O)ON(C(=O)OC(C)(C)C)c2ccccc2)cc1. The maximum absolute atomic E-state index is 12.4. The van der Waals surface area contributed by atoms with Gasteiger partial charge >= 0.3 is 12.1 Å². The van der Waals surface area contributed by atoms with Gasteiger partial charge in [-0.15, -0.1) is 5.06 Å². The Morgan fingerprint density at radius 2 is 1.52 bits per heavy atom. The van der Waals surface area contributed by atoms with Crippen LogP contribution in [0.1, 0.15) is 31.1 Å². The molecule has 0 bridgehead atoms. The Kier molecular flexibility index (Phi) is 5.64. The summed E-state index contributed by atoms with van der Waals surface area (Å²) in [6.07, 6.45) is -0.777. The van der Waals surface area contributed by atoms with E-state index in [1.165, 1.54) is 7.11 Å². The highest BCUT2D eigenvalue weighted by atomic mass is 16.8. The lowest BCUT2D eigenvalue weighted by atomic mass is 10.2. The molecule has 0 saturated carbocycles. The second-order valence-corrected chi connectivity index (χ2v) is 6.22. The van der Waals surface area contributed by atoms with Gasteiger partial charge in [0.1, 0.15) is 11.4 Å². The molecule has 6 nitrogen and oxygen atoms in total. The van der Waals surface area contributed by atoms with E-state index in [2.05, 4.69) is 0 Å². The summed E-state index contributed by atoms with van der Waals surface area (Å²) in [5.41, 5.74) is -0.0553. The molecule has 0 spiro atoms. The fourth-order valence-corrected chi connectivity index (χ4v) is 1.92. The van der Waals surface area contributed by atoms with Crippen LogP contribution in [-0.4, -0.2) is 24.8 Å². The number of hydroxylamine groups is 1. The maximum Gasteiger partial charge on any atom is 0.448 e. The van der Waals surface area contributed by atoms with Crippen molar-refractivity contribution >= 4 is 17.7 Å². The normalized spacial score (nSPS) is 10.7. The Hall–Kier alpha value is -3.02. The standard InChI is InChI=1S/C19H21NO5/c1-19(2,3)24-18(22)20(15-8-6-5-7-9-15)25-17(21)14-10-12-16(23-4)13-11-14/h5-13H,1-4H3. The van der Waals surface area contributed by atoms with Gasteiger partial charge in [-0.2, -0.15) is 0 Å². The molecule has 0 heterocycles. The average Bonchev–Trinajstić information content (AvgIpc) is 2.58. The summed E-state index contributed by atoms with van der Waals surface area (Å²) in [5, 5.41) is 0.845. The maximum atomic E-state index is 12.4. The molecule has 0 N–H and O–H groups in total. The third-order valence-corrected chi connectivity index (χ3v) is 3.05. The highest BCUT2D eigenvalue weighted by molar-refractivity contribution is 5.94. The molecular weight excluding hydrogens is 322 g/mol. The Morgan fingerprint density at radius 1 is 0.920 bits per heavy atom. The van der Waals surface area contributed by atoms with Crippen molar-refractivity contribution in [3.63, 3.8) is 0 Å². The van der Waals surface area contributed by atoms with Crippen LogP contribution in [0.3, 0.4) is 0 Å². The van der Waals surface area contributed by atoms with E-state index in [-0.39, 0.29) is 5.56 Å². The van der Waals surface area contributed by atoms with Crippen molar-refractivity contribution < 1.29 is 23.9 Å². The zero-order chi connectivity index (χ0) is 18.4. The second kappa shape index (κ2) is 7.70. The van der Waals surface area contributed by atoms with Gasteiger partial charge in [0.25, 0.3) is 0 Å². The van der Waals surface area contributed by atoms with E-state index < -0.39 is 17.7 Å². The van der Waals surface area contributed by atoms with Gasteiger partial charge < -0.3 is 14.3 Å². The third-order valence-electron chi connectivity index (χ3n) is 3.05. The number of rotatable bonds is 3. The highest BCUT2D eigenvalue weighted by Crippen LogP contribution is 2.20. The van der Waals surface area contributed by atoms with E-state index in [1.54, 1.807) is 75.4 Å². The van der Waals surface area contributed by atoms with E-state index in [0.29, 0.717) is 11.4 Å². The van der Waals surface area contributed by atoms with Crippen LogP contribution in [0.15, 0.2) is 54.6 Å². The largest absolute Gasteiger partial charge is 0.497 e. The lowest BCUT2D eigenvalue weighted by Crippen LogP contribution is -2.38. The average molecular weight is 343 g/mol. The molecule has 132 valence electrons. The number of para-hydroxylation sites is 1. The molecule has 2 rings (SSSR count). The Morgan fingerprint density at radius 3 is 2.04 bits per heavy atom. The summed E-state index contributed by atoms with van der Waals surface area (Å²) in [7, 11) is 1.53. The molecule has 2 aromatic rings. The minimum absolute atomic E-state index is 0.283. The van der Waals surface area contributed by atoms with Gasteiger partial charge in [0, 0.05) is 0 Å². The minimum atomic E-state index is -0.777. The summed E-state index contributed by atoms with van der Waals surface area (Å²) in [5.74, 6) is -0.0685. The van der Waals surface area contributed by atoms with Crippen LogP contribution in [0.5, 0.6) is 5.75 Å². The smallest absolute Gasteiger partial charge is 0.448 e. The molecule has 0 saturated heterocycles. The molecular formula is C19H21NO5. The van der Waals surface area contributed by atoms with E-state index in [9.17, 15) is 9.59 Å². The van der Waals surface area contributed by atoms with Crippen LogP contribution in [0, 0.1) is 0 Å². The summed E-state index contributed by atoms with van der Waals surface area (Å²) in [4.78, 5) is 30.1. The van der Waals surface area contributed by atoms with Crippen LogP contribution in [0.2, 0.25) is 0 Å². The summed E-state index contributed by atoms with van der Waals surface area (Å²) >= 11 is 0. The predicted octanol–water partition coefficient (Wildman–Crippen LogP) is 4.21. The summed E-state index contributed by atoms with van der Waals surface area (Å²) in [6.45, 7) is 5.21. The van der Waals surface area contributed by atoms with Crippen LogP contribution in [0.4, 0.5) is 10.5 Å². The number of amides is 1. The Balaban J connectivity index is 2.23. The van der Waals surface area contributed by atoms with Crippen molar-refractivity contribution in [3.05, 3.63) is 60.2 Å². The molecule has 1 amide bonds. The Labute approximate surface area is 146 Å². The monoisotopic (exact) mass is 343 g/mol. The lowest BCUT2D eigenvalue weighted by molar-refractivity contribution is 0.0198. The highest BCUT2D eigenvalue weighted by Gasteiger charge is 2.27. The number of hydrogen-bond donors (Lipinski definition) is 0. The van der Waals surface area contributed by atoms with Gasteiger partial charge in [-0.3, -0.25) is 0 Å². The van der Waals surface area contributed by atoms with Crippen molar-refractivity contribution in [1.29, 1.82) is 0 Å². The molecule has 0 unspecified atom stereocenters. The topological polar surface area (TPSA) is 65.1 Å². The van der Waals surface area contributed by atoms with Crippen LogP contribution in [0.25, 0.3) is 0 Å². The molecule has 0 aliphatic heterocycles. The quantitative estimate of drug-likeness (QED) is 0.781. The molecule has 0 aromatic heterocycles. The van der Waals surface area contributed by atoms with Crippen molar-refractivity contribution in [3.8, 4) is 5.75 Å². The molecule has 0 fully saturated rings. The molecule has 2 aromatic carbocycles. The fraction of sp³-hybridized carbons (Fsp3) is 0.263. The molecule has 6 heteroatoms. The number of hydrogen-bond acceptors (Lipinski definition) is 5. The first-order valence-corrected chi connectivity index (χ1v) is 7.74. The van der Waals surface area contributed by atoms with E-state index in [1.807, 2.05) is 0 Å². The van der Waals surface area contributed by atoms with E-state index >= 15 is 0 Å². The van der Waals surface area contributed by atoms with Gasteiger partial charge in [0.15, 0.2) is 0 Å². The fourth-order valence-electron chi connectivity index (χ4n) is 1.92. The number of benzene rings is 2. The number of anilines is 1. The second-order valence-electron chi connectivity index (χ2n) is 6.22. The minimum Gasteiger partial charge on any atom is -0.497 e. The molecule has 0 aliphatic carbocycles. The molecule has 0 aliphatic rings. The lowest BCUT2D eigenvalue weighted by Gasteiger charge is -2.26. The molecule has 0 radical (unpaired) electrons. The third kappa shape index (κ3) is 5.24. The van der Waals surface area contributed by atoms with E-state index in [4.69, 9.17) is 14.3 Å². The van der Waals surface area contributed by atoms with Crippen molar-refractivity contribution in [2.45, 2.75) is 26.4 Å². The van der Waals surface area contributed by atoms with Gasteiger partial charge in [-0.25, -0.2) is 9.59 Å². The van der Waals surface area contributed by atoms with Gasteiger partial charge in [0.2, 0.25) is 0 Å². The van der Waals surface area contributed by atoms with Crippen molar-refractivity contribution in [2.24, 2.45) is 0 Å². The first-order valence-electron chi connectivity index (χ1n) is 7.74. The number of ether oxygens (including phenoxy) is 2. The Bertz CT molecular complexity index is 720. The number of carbonyl (C=O) groups is 2. The summed E-state index contributed by atoms with van der Waals surface area (Å²) < 4.78 is 10.4. The number of methoxy groups -OCH3 is 1. The zero-order valence-electron chi connectivity index (χ0n) is 14.7.